The molecule has 3 aromatic rings. The van der Waals surface area contributed by atoms with Crippen LogP contribution in [0.25, 0.3) is 6.08 Å². The van der Waals surface area contributed by atoms with E-state index in [1.807, 2.05) is 35.2 Å². The van der Waals surface area contributed by atoms with Gasteiger partial charge in [0.15, 0.2) is 11.2 Å². The molecule has 36 heavy (non-hydrogen) atoms. The molecule has 0 saturated carbocycles. The molecule has 2 aliphatic heterocycles. The number of hydrogen-bond donors (Lipinski definition) is 0. The fraction of sp³-hybridized carbons (Fsp3) is 0.179. The Kier molecular flexibility index (Phi) is 5.61. The summed E-state index contributed by atoms with van der Waals surface area (Å²) < 4.78 is 5.17. The lowest BCUT2D eigenvalue weighted by atomic mass is 9.68. The first-order valence-electron chi connectivity index (χ1n) is 11.3. The van der Waals surface area contributed by atoms with Crippen LogP contribution in [0.5, 0.6) is 0 Å². The Morgan fingerprint density at radius 2 is 1.69 bits per heavy atom. The van der Waals surface area contributed by atoms with Crippen LogP contribution in [-0.4, -0.2) is 35.9 Å². The number of nitro groups is 1. The third-order valence-corrected chi connectivity index (χ3v) is 7.04. The summed E-state index contributed by atoms with van der Waals surface area (Å²) in [5, 5.41) is 21.9. The zero-order valence-electron chi connectivity index (χ0n) is 19.3. The molecule has 2 heterocycles. The van der Waals surface area contributed by atoms with E-state index in [-0.39, 0.29) is 11.5 Å². The lowest BCUT2D eigenvalue weighted by molar-refractivity contribution is -0.384. The lowest BCUT2D eigenvalue weighted by Crippen LogP contribution is -2.46. The van der Waals surface area contributed by atoms with Gasteiger partial charge in [-0.15, -0.1) is 0 Å². The van der Waals surface area contributed by atoms with E-state index in [2.05, 4.69) is 6.07 Å². The lowest BCUT2D eigenvalue weighted by Gasteiger charge is -2.36. The zero-order valence-corrected chi connectivity index (χ0v) is 19.3. The molecule has 0 aliphatic carbocycles. The molecule has 0 amide bonds. The molecule has 8 nitrogen and oxygen atoms in total. The van der Waals surface area contributed by atoms with Gasteiger partial charge in [0.05, 0.1) is 24.1 Å². The summed E-state index contributed by atoms with van der Waals surface area (Å²) in [5.41, 5.74) is 0.532. The van der Waals surface area contributed by atoms with Gasteiger partial charge in [-0.05, 0) is 17.2 Å². The Hall–Kier alpha value is -4.77. The average Bonchev–Trinajstić information content (AvgIpc) is 3.24. The summed E-state index contributed by atoms with van der Waals surface area (Å²) in [4.78, 5) is 40.2. The van der Waals surface area contributed by atoms with Gasteiger partial charge in [0.25, 0.3) is 5.69 Å². The minimum atomic E-state index is -1.79. The average molecular weight is 479 g/mol. The highest BCUT2D eigenvalue weighted by atomic mass is 16.6. The predicted octanol–water partition coefficient (Wildman–Crippen LogP) is 4.53. The van der Waals surface area contributed by atoms with E-state index in [1.54, 1.807) is 36.4 Å². The largest absolute Gasteiger partial charge is 0.468 e. The summed E-state index contributed by atoms with van der Waals surface area (Å²) in [6.07, 6.45) is 3.60. The number of nitro benzene ring substituents is 1. The quantitative estimate of drug-likeness (QED) is 0.229. The van der Waals surface area contributed by atoms with Gasteiger partial charge in [-0.25, -0.2) is 0 Å². The van der Waals surface area contributed by atoms with Crippen molar-refractivity contribution in [2.24, 2.45) is 5.41 Å². The minimum absolute atomic E-state index is 0.133. The monoisotopic (exact) mass is 479 g/mol. The van der Waals surface area contributed by atoms with Gasteiger partial charge in [0.2, 0.25) is 0 Å². The van der Waals surface area contributed by atoms with Crippen molar-refractivity contribution in [1.82, 2.24) is 0 Å². The zero-order chi connectivity index (χ0) is 25.4. The molecule has 5 rings (SSSR count). The van der Waals surface area contributed by atoms with Gasteiger partial charge in [-0.2, -0.15) is 5.26 Å². The smallest absolute Gasteiger partial charge is 0.329 e. The van der Waals surface area contributed by atoms with Crippen molar-refractivity contribution >= 4 is 29.2 Å². The number of methoxy groups -OCH3 is 1. The van der Waals surface area contributed by atoms with Crippen LogP contribution in [-0.2, 0) is 9.53 Å². The van der Waals surface area contributed by atoms with E-state index in [4.69, 9.17) is 4.74 Å². The third-order valence-electron chi connectivity index (χ3n) is 7.04. The molecule has 178 valence electrons. The van der Waals surface area contributed by atoms with Gasteiger partial charge >= 0.3 is 5.97 Å². The predicted molar refractivity (Wildman–Crippen MR) is 132 cm³/mol. The maximum atomic E-state index is 14.1. The summed E-state index contributed by atoms with van der Waals surface area (Å²) in [5.74, 6) is -2.00. The van der Waals surface area contributed by atoms with Gasteiger partial charge in [0, 0.05) is 29.3 Å². The number of hydrogen-bond acceptors (Lipinski definition) is 7. The van der Waals surface area contributed by atoms with Crippen LogP contribution in [0.15, 0.2) is 84.9 Å². The fourth-order valence-electron chi connectivity index (χ4n) is 5.49. The minimum Gasteiger partial charge on any atom is -0.468 e. The van der Waals surface area contributed by atoms with E-state index < -0.39 is 34.3 Å². The number of fused-ring (bicyclic) bond motifs is 3. The summed E-state index contributed by atoms with van der Waals surface area (Å²) in [6, 6.07) is 22.3. The molecule has 0 aromatic heterocycles. The molecule has 0 N–H and O–H groups in total. The van der Waals surface area contributed by atoms with Crippen molar-refractivity contribution in [2.45, 2.75) is 18.0 Å². The fourth-order valence-corrected chi connectivity index (χ4v) is 5.49. The number of nitriles is 1. The Balaban J connectivity index is 1.80. The highest BCUT2D eigenvalue weighted by molar-refractivity contribution is 6.06. The Labute approximate surface area is 207 Å². The second-order valence-corrected chi connectivity index (χ2v) is 8.74. The van der Waals surface area contributed by atoms with E-state index in [1.165, 1.54) is 31.4 Å². The molecule has 2 aliphatic rings. The number of non-ortho nitro benzene ring substituents is 1. The number of ketones is 1. The van der Waals surface area contributed by atoms with Crippen LogP contribution in [0.3, 0.4) is 0 Å². The highest BCUT2D eigenvalue weighted by Crippen LogP contribution is 2.56. The molecule has 0 radical (unpaired) electrons. The van der Waals surface area contributed by atoms with Gasteiger partial charge < -0.3 is 9.64 Å². The maximum Gasteiger partial charge on any atom is 0.329 e. The molecule has 3 aromatic carbocycles. The van der Waals surface area contributed by atoms with Crippen LogP contribution in [0.2, 0.25) is 0 Å². The van der Waals surface area contributed by atoms with Crippen molar-refractivity contribution in [3.63, 3.8) is 0 Å². The SMILES string of the molecule is COC(=O)[C@@]1(C#N)[C@H](c2ccc([N+](=O)[O-])cc2)[C@@H](C(=O)c2ccccc2)N2c3ccccc3C=C[C@@H]21. The number of carbonyl (C=O) groups is 2. The molecule has 1 fully saturated rings. The molecular formula is C28H21N3O5. The van der Waals surface area contributed by atoms with Crippen LogP contribution in [0.1, 0.15) is 27.4 Å². The first-order chi connectivity index (χ1) is 17.4. The second-order valence-electron chi connectivity index (χ2n) is 8.74. The summed E-state index contributed by atoms with van der Waals surface area (Å²) >= 11 is 0. The van der Waals surface area contributed by atoms with Crippen LogP contribution >= 0.6 is 0 Å². The molecule has 1 saturated heterocycles. The van der Waals surface area contributed by atoms with E-state index in [9.17, 15) is 25.0 Å². The molecule has 0 unspecified atom stereocenters. The van der Waals surface area contributed by atoms with Crippen molar-refractivity contribution in [3.05, 3.63) is 112 Å². The number of anilines is 1. The first-order valence-corrected chi connectivity index (χ1v) is 11.3. The van der Waals surface area contributed by atoms with Gasteiger partial charge in [-0.3, -0.25) is 19.7 Å². The number of carbonyl (C=O) groups excluding carboxylic acids is 2. The first kappa shape index (κ1) is 23.0. The Bertz CT molecular complexity index is 1430. The Morgan fingerprint density at radius 3 is 2.33 bits per heavy atom. The maximum absolute atomic E-state index is 14.1. The standard InChI is InChI=1S/C28H21N3O5/c1-36-27(33)28(17-29)23-16-13-18-7-5-6-10-22(18)30(23)25(26(32)20-8-3-2-4-9-20)24(28)19-11-14-21(15-12-19)31(34)35/h2-16,23-25H,1H3/t23-,24-,25+,28-/m1/s1. The highest BCUT2D eigenvalue weighted by Gasteiger charge is 2.67. The number of para-hydroxylation sites is 1. The van der Waals surface area contributed by atoms with Crippen molar-refractivity contribution in [3.8, 4) is 6.07 Å². The normalized spacial score (nSPS) is 23.8. The van der Waals surface area contributed by atoms with Crippen molar-refractivity contribution in [2.75, 3.05) is 12.0 Å². The van der Waals surface area contributed by atoms with Crippen LogP contribution in [0, 0.1) is 26.9 Å². The van der Waals surface area contributed by atoms with Crippen molar-refractivity contribution < 1.29 is 19.2 Å². The summed E-state index contributed by atoms with van der Waals surface area (Å²) in [7, 11) is 1.21. The van der Waals surface area contributed by atoms with Crippen LogP contribution < -0.4 is 4.90 Å². The molecule has 0 bridgehead atoms. The second kappa shape index (κ2) is 8.78. The number of benzene rings is 3. The number of nitrogens with zero attached hydrogens (tertiary/aromatic N) is 3. The van der Waals surface area contributed by atoms with E-state index in [0.29, 0.717) is 16.8 Å². The van der Waals surface area contributed by atoms with E-state index >= 15 is 0 Å². The van der Waals surface area contributed by atoms with Gasteiger partial charge in [-0.1, -0.05) is 72.8 Å². The molecule has 4 atom stereocenters. The van der Waals surface area contributed by atoms with Crippen LogP contribution in [0.4, 0.5) is 11.4 Å². The topological polar surface area (TPSA) is 114 Å². The summed E-state index contributed by atoms with van der Waals surface area (Å²) in [6.45, 7) is 0. The molecule has 8 heteroatoms. The van der Waals surface area contributed by atoms with Crippen molar-refractivity contribution in [1.29, 1.82) is 5.26 Å². The number of esters is 1. The number of ether oxygens (including phenoxy) is 1. The number of rotatable bonds is 5. The molecule has 0 spiro atoms. The Morgan fingerprint density at radius 1 is 1.03 bits per heavy atom. The van der Waals surface area contributed by atoms with Gasteiger partial charge in [0.1, 0.15) is 6.04 Å². The molecular weight excluding hydrogens is 458 g/mol. The van der Waals surface area contributed by atoms with E-state index in [0.717, 1.165) is 5.56 Å². The third kappa shape index (κ3) is 3.28. The number of Topliss-reactive ketones (excluding diaryl/α,β-unsaturated/α-hetero) is 1.